The Morgan fingerprint density at radius 2 is 1.85 bits per heavy atom. The molecule has 0 amide bonds. The van der Waals surface area contributed by atoms with E-state index in [1.807, 2.05) is 6.92 Å². The van der Waals surface area contributed by atoms with Crippen LogP contribution in [0.5, 0.6) is 0 Å². The number of thiophene rings is 1. The molecule has 0 bridgehead atoms. The number of aromatic carboxylic acids is 1. The molecule has 0 spiro atoms. The lowest BCUT2D eigenvalue weighted by Gasteiger charge is -2.11. The highest BCUT2D eigenvalue weighted by molar-refractivity contribution is 7.19. The second kappa shape index (κ2) is 6.77. The fourth-order valence-electron chi connectivity index (χ4n) is 3.01. The van der Waals surface area contributed by atoms with E-state index in [2.05, 4.69) is 15.3 Å². The van der Waals surface area contributed by atoms with Crippen LogP contribution in [0.3, 0.4) is 0 Å². The number of hydrogen-bond acceptors (Lipinski definition) is 5. The molecule has 0 unspecified atom stereocenters. The van der Waals surface area contributed by atoms with E-state index in [9.17, 15) is 14.3 Å². The standard InChI is InChI=1S/C20H14FN3O2S/c1-11-16(12-6-8-13(21)9-7-12)17-18(22-10-23-19(17)27-11)24-15-5-3-2-4-14(15)20(25)26/h2-10H,1H3,(H,25,26)(H,22,23,24). The third kappa shape index (κ3) is 3.13. The van der Waals surface area contributed by atoms with Crippen LogP contribution in [0.15, 0.2) is 54.9 Å². The van der Waals surface area contributed by atoms with Crippen LogP contribution in [0, 0.1) is 12.7 Å². The summed E-state index contributed by atoms with van der Waals surface area (Å²) in [7, 11) is 0. The van der Waals surface area contributed by atoms with E-state index in [1.54, 1.807) is 30.3 Å². The minimum absolute atomic E-state index is 0.152. The number of halogens is 1. The molecule has 0 aliphatic heterocycles. The Kier molecular flexibility index (Phi) is 4.29. The first-order valence-electron chi connectivity index (χ1n) is 8.14. The van der Waals surface area contributed by atoms with Crippen LogP contribution in [0.1, 0.15) is 15.2 Å². The van der Waals surface area contributed by atoms with Gasteiger partial charge in [0.05, 0.1) is 16.6 Å². The third-order valence-corrected chi connectivity index (χ3v) is 5.22. The second-order valence-electron chi connectivity index (χ2n) is 5.92. The molecular weight excluding hydrogens is 365 g/mol. The first-order chi connectivity index (χ1) is 13.0. The maximum atomic E-state index is 13.3. The van der Waals surface area contributed by atoms with Crippen molar-refractivity contribution >= 4 is 39.0 Å². The maximum Gasteiger partial charge on any atom is 0.337 e. The molecule has 4 aromatic rings. The number of carbonyl (C=O) groups is 1. The highest BCUT2D eigenvalue weighted by Crippen LogP contribution is 2.41. The zero-order valence-corrected chi connectivity index (χ0v) is 15.0. The van der Waals surface area contributed by atoms with E-state index in [1.165, 1.54) is 35.9 Å². The molecule has 0 fully saturated rings. The average molecular weight is 379 g/mol. The van der Waals surface area contributed by atoms with Crippen molar-refractivity contribution in [3.63, 3.8) is 0 Å². The molecule has 4 rings (SSSR count). The highest BCUT2D eigenvalue weighted by atomic mass is 32.1. The van der Waals surface area contributed by atoms with Gasteiger partial charge < -0.3 is 10.4 Å². The molecule has 7 heteroatoms. The summed E-state index contributed by atoms with van der Waals surface area (Å²) >= 11 is 1.51. The molecule has 2 aromatic carbocycles. The number of fused-ring (bicyclic) bond motifs is 1. The Balaban J connectivity index is 1.90. The number of hydrogen-bond donors (Lipinski definition) is 2. The summed E-state index contributed by atoms with van der Waals surface area (Å²) in [5.74, 6) is -0.818. The first-order valence-corrected chi connectivity index (χ1v) is 8.95. The second-order valence-corrected chi connectivity index (χ2v) is 7.12. The zero-order valence-electron chi connectivity index (χ0n) is 14.2. The Bertz CT molecular complexity index is 1160. The molecule has 5 nitrogen and oxygen atoms in total. The SMILES string of the molecule is Cc1sc2ncnc(Nc3ccccc3C(=O)O)c2c1-c1ccc(F)cc1. The van der Waals surface area contributed by atoms with Gasteiger partial charge in [0.15, 0.2) is 0 Å². The van der Waals surface area contributed by atoms with Crippen LogP contribution in [-0.2, 0) is 0 Å². The van der Waals surface area contributed by atoms with Crippen molar-refractivity contribution in [1.29, 1.82) is 0 Å². The summed E-state index contributed by atoms with van der Waals surface area (Å²) in [5.41, 5.74) is 2.36. The Labute approximate surface area is 158 Å². The van der Waals surface area contributed by atoms with E-state index in [4.69, 9.17) is 0 Å². The van der Waals surface area contributed by atoms with E-state index in [0.717, 1.165) is 26.2 Å². The molecule has 0 radical (unpaired) electrons. The minimum atomic E-state index is -1.02. The van der Waals surface area contributed by atoms with Crippen LogP contribution >= 0.6 is 11.3 Å². The van der Waals surface area contributed by atoms with E-state index in [-0.39, 0.29) is 11.4 Å². The molecule has 27 heavy (non-hydrogen) atoms. The Hall–Kier alpha value is -3.32. The number of nitrogens with zero attached hydrogens (tertiary/aromatic N) is 2. The number of carboxylic acids is 1. The highest BCUT2D eigenvalue weighted by Gasteiger charge is 2.18. The molecule has 2 N–H and O–H groups in total. The van der Waals surface area contributed by atoms with Gasteiger partial charge in [0.2, 0.25) is 0 Å². The number of aryl methyl sites for hydroxylation is 1. The van der Waals surface area contributed by atoms with Crippen molar-refractivity contribution in [3.05, 3.63) is 71.1 Å². The van der Waals surface area contributed by atoms with Crippen molar-refractivity contribution in [2.24, 2.45) is 0 Å². The Morgan fingerprint density at radius 1 is 1.11 bits per heavy atom. The quantitative estimate of drug-likeness (QED) is 0.507. The summed E-state index contributed by atoms with van der Waals surface area (Å²) < 4.78 is 13.3. The Morgan fingerprint density at radius 3 is 2.59 bits per heavy atom. The normalized spacial score (nSPS) is 10.9. The van der Waals surface area contributed by atoms with Crippen LogP contribution in [0.25, 0.3) is 21.3 Å². The van der Waals surface area contributed by atoms with Crippen molar-refractivity contribution in [2.75, 3.05) is 5.32 Å². The number of nitrogens with one attached hydrogen (secondary N) is 1. The smallest absolute Gasteiger partial charge is 0.337 e. The number of rotatable bonds is 4. The maximum absolute atomic E-state index is 13.3. The van der Waals surface area contributed by atoms with Crippen LogP contribution in [-0.4, -0.2) is 21.0 Å². The lowest BCUT2D eigenvalue weighted by molar-refractivity contribution is 0.0698. The van der Waals surface area contributed by atoms with Crippen LogP contribution in [0.4, 0.5) is 15.9 Å². The van der Waals surface area contributed by atoms with Gasteiger partial charge in [-0.3, -0.25) is 0 Å². The predicted molar refractivity (Wildman–Crippen MR) is 104 cm³/mol. The van der Waals surface area contributed by atoms with E-state index < -0.39 is 5.97 Å². The van der Waals surface area contributed by atoms with Gasteiger partial charge in [-0.2, -0.15) is 0 Å². The van der Waals surface area contributed by atoms with Crippen LogP contribution < -0.4 is 5.32 Å². The number of anilines is 2. The number of aromatic nitrogens is 2. The summed E-state index contributed by atoms with van der Waals surface area (Å²) in [6.07, 6.45) is 1.44. The van der Waals surface area contributed by atoms with E-state index in [0.29, 0.717) is 11.5 Å². The minimum Gasteiger partial charge on any atom is -0.478 e. The van der Waals surface area contributed by atoms with Gasteiger partial charge in [0, 0.05) is 10.4 Å². The monoisotopic (exact) mass is 379 g/mol. The third-order valence-electron chi connectivity index (χ3n) is 4.21. The van der Waals surface area contributed by atoms with Crippen molar-refractivity contribution in [3.8, 4) is 11.1 Å². The fraction of sp³-hybridized carbons (Fsp3) is 0.0500. The largest absolute Gasteiger partial charge is 0.478 e. The summed E-state index contributed by atoms with van der Waals surface area (Å²) in [6.45, 7) is 1.97. The van der Waals surface area contributed by atoms with Gasteiger partial charge in [-0.15, -0.1) is 11.3 Å². The summed E-state index contributed by atoms with van der Waals surface area (Å²) in [6, 6.07) is 12.9. The van der Waals surface area contributed by atoms with Gasteiger partial charge in [-0.25, -0.2) is 19.2 Å². The fourth-order valence-corrected chi connectivity index (χ4v) is 4.02. The van der Waals surface area contributed by atoms with Gasteiger partial charge >= 0.3 is 5.97 Å². The van der Waals surface area contributed by atoms with E-state index >= 15 is 0 Å². The van der Waals surface area contributed by atoms with Gasteiger partial charge in [0.25, 0.3) is 0 Å². The molecular formula is C20H14FN3O2S. The van der Waals surface area contributed by atoms with Gasteiger partial charge in [0.1, 0.15) is 22.8 Å². The topological polar surface area (TPSA) is 75.1 Å². The molecule has 2 heterocycles. The summed E-state index contributed by atoms with van der Waals surface area (Å²) in [5, 5.41) is 13.3. The zero-order chi connectivity index (χ0) is 19.0. The van der Waals surface area contributed by atoms with Gasteiger partial charge in [-0.1, -0.05) is 24.3 Å². The van der Waals surface area contributed by atoms with Crippen molar-refractivity contribution in [2.45, 2.75) is 6.92 Å². The lowest BCUT2D eigenvalue weighted by atomic mass is 10.0. The molecule has 134 valence electrons. The average Bonchev–Trinajstić information content (AvgIpc) is 2.99. The lowest BCUT2D eigenvalue weighted by Crippen LogP contribution is -2.03. The molecule has 0 saturated heterocycles. The van der Waals surface area contributed by atoms with Crippen molar-refractivity contribution < 1.29 is 14.3 Å². The molecule has 0 saturated carbocycles. The molecule has 0 atom stereocenters. The number of carboxylic acid groups (broad SMARTS) is 1. The van der Waals surface area contributed by atoms with Crippen molar-refractivity contribution in [1.82, 2.24) is 9.97 Å². The molecule has 0 aliphatic carbocycles. The number of para-hydroxylation sites is 1. The summed E-state index contributed by atoms with van der Waals surface area (Å²) in [4.78, 5) is 22.0. The van der Waals surface area contributed by atoms with Crippen LogP contribution in [0.2, 0.25) is 0 Å². The molecule has 0 aliphatic rings. The first kappa shape index (κ1) is 17.1. The predicted octanol–water partition coefficient (Wildman–Crippen LogP) is 5.25. The molecule has 2 aromatic heterocycles. The van der Waals surface area contributed by atoms with Gasteiger partial charge in [-0.05, 0) is 36.8 Å². The number of benzene rings is 2.